The van der Waals surface area contributed by atoms with Crippen molar-refractivity contribution >= 4 is 14.0 Å². The molecule has 2 aliphatic rings. The van der Waals surface area contributed by atoms with E-state index in [1.54, 1.807) is 22.0 Å². The van der Waals surface area contributed by atoms with Crippen molar-refractivity contribution in [1.82, 2.24) is 0 Å². The van der Waals surface area contributed by atoms with Crippen molar-refractivity contribution in [3.63, 3.8) is 0 Å². The quantitative estimate of drug-likeness (QED) is 0.157. The molecular formula is C35H41HfP. The van der Waals surface area contributed by atoms with Gasteiger partial charge in [0.2, 0.25) is 0 Å². The Morgan fingerprint density at radius 2 is 1.38 bits per heavy atom. The zero-order valence-electron chi connectivity index (χ0n) is 23.0. The summed E-state index contributed by atoms with van der Waals surface area (Å²) in [6.07, 6.45) is 12.5. The van der Waals surface area contributed by atoms with Gasteiger partial charge < -0.3 is 0 Å². The van der Waals surface area contributed by atoms with E-state index in [0.29, 0.717) is 0 Å². The third-order valence-corrected chi connectivity index (χ3v) is 16.3. The Hall–Kier alpha value is -1.82. The van der Waals surface area contributed by atoms with Gasteiger partial charge in [0, 0.05) is 0 Å². The summed E-state index contributed by atoms with van der Waals surface area (Å²) < 4.78 is 2.69. The summed E-state index contributed by atoms with van der Waals surface area (Å²) in [4.78, 5) is 0. The fourth-order valence-corrected chi connectivity index (χ4v) is 15.2. The number of allylic oxidation sites excluding steroid dienone is 5. The number of hydrogen-bond donors (Lipinski definition) is 0. The third-order valence-electron chi connectivity index (χ3n) is 7.42. The van der Waals surface area contributed by atoms with Crippen molar-refractivity contribution in [2.24, 2.45) is 0 Å². The fourth-order valence-electron chi connectivity index (χ4n) is 5.15. The van der Waals surface area contributed by atoms with Crippen LogP contribution < -0.4 is 0 Å². The normalized spacial score (nSPS) is 16.2. The summed E-state index contributed by atoms with van der Waals surface area (Å²) in [5.41, 5.74) is 9.33. The van der Waals surface area contributed by atoms with Gasteiger partial charge in [-0.25, -0.2) is 0 Å². The molecule has 0 bridgehead atoms. The number of unbranched alkanes of at least 4 members (excludes halogenated alkanes) is 1. The molecule has 0 N–H and O–H groups in total. The van der Waals surface area contributed by atoms with Gasteiger partial charge in [-0.3, -0.25) is 0 Å². The Kier molecular flexibility index (Phi) is 10.9. The number of aryl methyl sites for hydroxylation is 2. The summed E-state index contributed by atoms with van der Waals surface area (Å²) in [5, 5.41) is 1.77. The maximum atomic E-state index is 2.54. The molecule has 0 radical (unpaired) electrons. The molecule has 0 nitrogen and oxygen atoms in total. The maximum absolute atomic E-state index is 2.54. The van der Waals surface area contributed by atoms with Crippen LogP contribution in [-0.4, -0.2) is 13.3 Å². The minimum Gasteiger partial charge on any atom is -0.0622 e. The first-order valence-corrected chi connectivity index (χ1v) is 19.9. The molecule has 2 heteroatoms. The maximum Gasteiger partial charge on any atom is -0.0238 e. The van der Waals surface area contributed by atoms with Gasteiger partial charge in [-0.2, -0.15) is 0 Å². The van der Waals surface area contributed by atoms with Crippen LogP contribution in [0.5, 0.6) is 0 Å². The molecule has 1 atom stereocenters. The molecule has 3 aromatic carbocycles. The first-order valence-electron chi connectivity index (χ1n) is 13.8. The van der Waals surface area contributed by atoms with Crippen LogP contribution in [0.25, 0.3) is 6.08 Å². The predicted octanol–water partition coefficient (Wildman–Crippen LogP) is 10.2. The topological polar surface area (TPSA) is 0 Å². The van der Waals surface area contributed by atoms with Crippen LogP contribution in [0.15, 0.2) is 111 Å². The Bertz CT molecular complexity index is 1200. The van der Waals surface area contributed by atoms with Gasteiger partial charge in [0.1, 0.15) is 0 Å². The Morgan fingerprint density at radius 3 is 1.97 bits per heavy atom. The molecule has 5 rings (SSSR count). The second-order valence-corrected chi connectivity index (χ2v) is 17.9. The Morgan fingerprint density at radius 1 is 0.784 bits per heavy atom. The molecule has 0 fully saturated rings. The average Bonchev–Trinajstić information content (AvgIpc) is 3.48. The average molecular weight is 671 g/mol. The van der Waals surface area contributed by atoms with Crippen LogP contribution in [0.3, 0.4) is 0 Å². The number of hydrogen-bond acceptors (Lipinski definition) is 0. The molecule has 190 valence electrons. The third kappa shape index (κ3) is 7.84. The van der Waals surface area contributed by atoms with Crippen molar-refractivity contribution in [1.29, 1.82) is 0 Å². The summed E-state index contributed by atoms with van der Waals surface area (Å²) >= 11 is -0.856. The zero-order valence-corrected chi connectivity index (χ0v) is 27.5. The smallest absolute Gasteiger partial charge is 0.0238 e. The molecule has 0 saturated heterocycles. The molecule has 0 aromatic heterocycles. The van der Waals surface area contributed by atoms with Gasteiger partial charge >= 0.3 is 155 Å². The molecule has 1 unspecified atom stereocenters. The van der Waals surface area contributed by atoms with Crippen LogP contribution >= 0.6 is 7.92 Å². The van der Waals surface area contributed by atoms with E-state index >= 15 is 0 Å². The summed E-state index contributed by atoms with van der Waals surface area (Å²) in [5.74, 6) is 0. The Balaban J connectivity index is 0.000000195. The Labute approximate surface area is 238 Å². The van der Waals surface area contributed by atoms with Crippen molar-refractivity contribution < 1.29 is 22.9 Å². The van der Waals surface area contributed by atoms with Crippen LogP contribution in [-0.2, 0) is 35.7 Å². The van der Waals surface area contributed by atoms with Gasteiger partial charge in [0.15, 0.2) is 0 Å². The van der Waals surface area contributed by atoms with Crippen LogP contribution in [0.4, 0.5) is 0 Å². The monoisotopic (exact) mass is 672 g/mol. The van der Waals surface area contributed by atoms with Crippen molar-refractivity contribution in [3.8, 4) is 0 Å². The minimum atomic E-state index is -0.856. The SMILES string of the molecule is CCCCC1=CC[C]([Hf][CH]2C(P(C)C)=Cc3ccccc32)=C1C.c1ccc(CCc2ccccc2)cc1. The van der Waals surface area contributed by atoms with Crippen molar-refractivity contribution in [2.45, 2.75) is 56.0 Å². The van der Waals surface area contributed by atoms with Gasteiger partial charge in [-0.15, -0.1) is 0 Å². The molecule has 0 aliphatic heterocycles. The van der Waals surface area contributed by atoms with E-state index in [4.69, 9.17) is 0 Å². The largest absolute Gasteiger partial charge is 0.0622 e. The van der Waals surface area contributed by atoms with Crippen molar-refractivity contribution in [2.75, 3.05) is 13.3 Å². The minimum absolute atomic E-state index is 0.0280. The summed E-state index contributed by atoms with van der Waals surface area (Å²) in [6, 6.07) is 30.4. The fraction of sp³-hybridized carbons (Fsp3) is 0.314. The van der Waals surface area contributed by atoms with Gasteiger partial charge in [-0.05, 0) is 24.0 Å². The number of fused-ring (bicyclic) bond motifs is 1. The molecule has 0 spiro atoms. The van der Waals surface area contributed by atoms with Gasteiger partial charge in [0.25, 0.3) is 0 Å². The number of rotatable bonds is 9. The van der Waals surface area contributed by atoms with Crippen molar-refractivity contribution in [3.05, 3.63) is 133 Å². The van der Waals surface area contributed by atoms with Crippen LogP contribution in [0.1, 0.15) is 65.5 Å². The van der Waals surface area contributed by atoms with E-state index < -0.39 is 22.9 Å². The van der Waals surface area contributed by atoms with E-state index in [1.165, 1.54) is 42.4 Å². The van der Waals surface area contributed by atoms with Gasteiger partial charge in [0.05, 0.1) is 0 Å². The van der Waals surface area contributed by atoms with E-state index in [9.17, 15) is 0 Å². The molecule has 3 aromatic rings. The first kappa shape index (κ1) is 28.2. The summed E-state index contributed by atoms with van der Waals surface area (Å²) in [6.45, 7) is 9.57. The van der Waals surface area contributed by atoms with Gasteiger partial charge in [-0.1, -0.05) is 60.7 Å². The van der Waals surface area contributed by atoms with Crippen LogP contribution in [0, 0.1) is 0 Å². The molecule has 37 heavy (non-hydrogen) atoms. The van der Waals surface area contributed by atoms with Crippen LogP contribution in [0.2, 0.25) is 0 Å². The number of benzene rings is 3. The molecular weight excluding hydrogens is 630 g/mol. The van der Waals surface area contributed by atoms with E-state index in [1.807, 2.05) is 3.33 Å². The standard InChI is InChI=1S/C14H14.C11H12P.C10H15.Hf/c1-3-7-13(8-4-1)11-12-14-9-5-2-6-10-14;1-12(2)11-7-9-5-3-4-6-10(9)8-11;1-3-4-7-10-8-5-6-9(10)2;/h1-10H,11-12H2;3-8H,1-2H3;8H,3-5,7H2,1-2H3;. The molecule has 0 amide bonds. The van der Waals surface area contributed by atoms with E-state index in [-0.39, 0.29) is 7.92 Å². The zero-order chi connectivity index (χ0) is 26.0. The van der Waals surface area contributed by atoms with E-state index in [0.717, 1.165) is 16.5 Å². The predicted molar refractivity (Wildman–Crippen MR) is 161 cm³/mol. The first-order chi connectivity index (χ1) is 18.1. The summed E-state index contributed by atoms with van der Waals surface area (Å²) in [7, 11) is 0.0280. The second-order valence-electron chi connectivity index (χ2n) is 10.3. The second kappa shape index (κ2) is 14.4. The van der Waals surface area contributed by atoms with E-state index in [2.05, 4.69) is 124 Å². The molecule has 2 aliphatic carbocycles. The molecule has 0 saturated carbocycles. The molecule has 0 heterocycles.